The van der Waals surface area contributed by atoms with Crippen LogP contribution in [0.3, 0.4) is 0 Å². The smallest absolute Gasteiger partial charge is 0.328 e. The standard InChI is InChI=1S/C26H43N5O4S/c1-5-18-10-13-31(23(32)8-7-20-15-27-17-28-20)22(18)16-30-12-9-19(6-2)24(30)25(33)29-21(11-14-36-4)26(34)35-3/h15,17-19,21-22,24H,5-14,16H2,1-4H3,(H,27,28)(H,29,33)/t18-,19-,21-,22?,24-/m0/s1. The van der Waals surface area contributed by atoms with Gasteiger partial charge in [-0.25, -0.2) is 9.78 Å². The predicted octanol–water partition coefficient (Wildman–Crippen LogP) is 2.48. The van der Waals surface area contributed by atoms with Crippen LogP contribution in [0.4, 0.5) is 0 Å². The predicted molar refractivity (Wildman–Crippen MR) is 142 cm³/mol. The monoisotopic (exact) mass is 521 g/mol. The Morgan fingerprint density at radius 1 is 1.22 bits per heavy atom. The molecule has 1 aromatic heterocycles. The summed E-state index contributed by atoms with van der Waals surface area (Å²) in [6.45, 7) is 6.59. The van der Waals surface area contributed by atoms with Gasteiger partial charge in [0.05, 0.1) is 19.5 Å². The Labute approximate surface area is 219 Å². The minimum Gasteiger partial charge on any atom is -0.467 e. The Morgan fingerprint density at radius 2 is 1.97 bits per heavy atom. The Bertz CT molecular complexity index is 851. The summed E-state index contributed by atoms with van der Waals surface area (Å²) in [6, 6.07) is -0.829. The Balaban J connectivity index is 1.70. The van der Waals surface area contributed by atoms with Crippen molar-refractivity contribution >= 4 is 29.5 Å². The summed E-state index contributed by atoms with van der Waals surface area (Å²) >= 11 is 1.64. The molecule has 0 saturated carbocycles. The fourth-order valence-corrected chi connectivity index (χ4v) is 6.29. The van der Waals surface area contributed by atoms with Gasteiger partial charge in [-0.05, 0) is 56.1 Å². The minimum absolute atomic E-state index is 0.0981. The van der Waals surface area contributed by atoms with E-state index < -0.39 is 12.0 Å². The third-order valence-electron chi connectivity index (χ3n) is 7.95. The van der Waals surface area contributed by atoms with Gasteiger partial charge < -0.3 is 19.9 Å². The highest BCUT2D eigenvalue weighted by Crippen LogP contribution is 2.33. The molecule has 2 N–H and O–H groups in total. The number of nitrogens with one attached hydrogen (secondary N) is 2. The van der Waals surface area contributed by atoms with E-state index in [1.807, 2.05) is 6.26 Å². The number of esters is 1. The lowest BCUT2D eigenvalue weighted by Crippen LogP contribution is -2.54. The molecule has 3 rings (SSSR count). The third-order valence-corrected chi connectivity index (χ3v) is 8.59. The molecule has 0 bridgehead atoms. The van der Waals surface area contributed by atoms with Crippen LogP contribution >= 0.6 is 11.8 Å². The van der Waals surface area contributed by atoms with Crippen molar-refractivity contribution in [1.29, 1.82) is 0 Å². The summed E-state index contributed by atoms with van der Waals surface area (Å²) in [7, 11) is 1.36. The molecule has 0 aliphatic carbocycles. The van der Waals surface area contributed by atoms with Crippen molar-refractivity contribution in [3.8, 4) is 0 Å². The summed E-state index contributed by atoms with van der Waals surface area (Å²) in [5.74, 6) is 1.09. The fraction of sp³-hybridized carbons (Fsp3) is 0.769. The zero-order valence-electron chi connectivity index (χ0n) is 22.2. The number of likely N-dealkylation sites (tertiary alicyclic amines) is 2. The van der Waals surface area contributed by atoms with Gasteiger partial charge in [0.15, 0.2) is 0 Å². The number of hydrogen-bond donors (Lipinski definition) is 2. The van der Waals surface area contributed by atoms with Crippen molar-refractivity contribution in [2.75, 3.05) is 38.8 Å². The van der Waals surface area contributed by atoms with Gasteiger partial charge in [-0.2, -0.15) is 11.8 Å². The van der Waals surface area contributed by atoms with Crippen LogP contribution in [-0.4, -0.2) is 94.4 Å². The van der Waals surface area contributed by atoms with Crippen LogP contribution < -0.4 is 5.32 Å². The summed E-state index contributed by atoms with van der Waals surface area (Å²) in [6.07, 6.45) is 10.9. The highest BCUT2D eigenvalue weighted by Gasteiger charge is 2.44. The highest BCUT2D eigenvalue weighted by molar-refractivity contribution is 7.98. The number of methoxy groups -OCH3 is 1. The summed E-state index contributed by atoms with van der Waals surface area (Å²) in [5.41, 5.74) is 0.967. The first-order valence-corrected chi connectivity index (χ1v) is 14.7. The molecule has 0 radical (unpaired) electrons. The molecule has 3 heterocycles. The molecule has 2 saturated heterocycles. The molecule has 2 aliphatic rings. The van der Waals surface area contributed by atoms with E-state index in [0.29, 0.717) is 31.7 Å². The van der Waals surface area contributed by atoms with Gasteiger partial charge in [0.25, 0.3) is 0 Å². The molecule has 2 amide bonds. The second-order valence-corrected chi connectivity index (χ2v) is 10.9. The van der Waals surface area contributed by atoms with E-state index in [4.69, 9.17) is 4.74 Å². The van der Waals surface area contributed by atoms with Crippen LogP contribution in [-0.2, 0) is 25.5 Å². The molecule has 1 unspecified atom stereocenters. The topological polar surface area (TPSA) is 108 Å². The lowest BCUT2D eigenvalue weighted by atomic mass is 9.94. The number of aromatic nitrogens is 2. The molecule has 9 nitrogen and oxygen atoms in total. The largest absolute Gasteiger partial charge is 0.467 e. The second kappa shape index (κ2) is 14.0. The number of carbonyl (C=O) groups is 3. The van der Waals surface area contributed by atoms with E-state index in [0.717, 1.165) is 50.2 Å². The first-order valence-electron chi connectivity index (χ1n) is 13.3. The Hall–Kier alpha value is -2.07. The van der Waals surface area contributed by atoms with Crippen molar-refractivity contribution in [1.82, 2.24) is 25.1 Å². The van der Waals surface area contributed by atoms with Gasteiger partial charge in [-0.1, -0.05) is 26.7 Å². The van der Waals surface area contributed by atoms with Crippen LogP contribution in [0, 0.1) is 11.8 Å². The molecule has 202 valence electrons. The third kappa shape index (κ3) is 7.03. The lowest BCUT2D eigenvalue weighted by molar-refractivity contribution is -0.146. The van der Waals surface area contributed by atoms with Gasteiger partial charge in [-0.15, -0.1) is 0 Å². The van der Waals surface area contributed by atoms with Crippen LogP contribution in [0.2, 0.25) is 0 Å². The van der Waals surface area contributed by atoms with E-state index in [1.165, 1.54) is 7.11 Å². The molecule has 2 aliphatic heterocycles. The molecular formula is C26H43N5O4S. The van der Waals surface area contributed by atoms with Crippen LogP contribution in [0.25, 0.3) is 0 Å². The average molecular weight is 522 g/mol. The first kappa shape index (κ1) is 28.5. The molecule has 1 aromatic rings. The van der Waals surface area contributed by atoms with E-state index >= 15 is 0 Å². The van der Waals surface area contributed by atoms with Crippen molar-refractivity contribution in [3.05, 3.63) is 18.2 Å². The molecule has 0 spiro atoms. The van der Waals surface area contributed by atoms with Gasteiger partial charge in [0.2, 0.25) is 11.8 Å². The maximum absolute atomic E-state index is 13.5. The van der Waals surface area contributed by atoms with E-state index in [2.05, 4.69) is 38.9 Å². The number of aryl methyl sites for hydroxylation is 1. The van der Waals surface area contributed by atoms with Crippen LogP contribution in [0.5, 0.6) is 0 Å². The van der Waals surface area contributed by atoms with Gasteiger partial charge >= 0.3 is 5.97 Å². The van der Waals surface area contributed by atoms with Gasteiger partial charge in [-0.3, -0.25) is 14.5 Å². The van der Waals surface area contributed by atoms with Crippen molar-refractivity contribution in [2.45, 2.75) is 76.9 Å². The van der Waals surface area contributed by atoms with Gasteiger partial charge in [0.1, 0.15) is 6.04 Å². The van der Waals surface area contributed by atoms with Crippen LogP contribution in [0.15, 0.2) is 12.5 Å². The molecule has 0 aromatic carbocycles. The number of carbonyl (C=O) groups excluding carboxylic acids is 3. The average Bonchev–Trinajstić information content (AvgIpc) is 3.64. The maximum atomic E-state index is 13.5. The zero-order valence-corrected chi connectivity index (χ0v) is 23.0. The Morgan fingerprint density at radius 3 is 2.61 bits per heavy atom. The minimum atomic E-state index is -0.634. The number of rotatable bonds is 13. The lowest BCUT2D eigenvalue weighted by Gasteiger charge is -2.35. The van der Waals surface area contributed by atoms with Crippen molar-refractivity contribution < 1.29 is 19.1 Å². The second-order valence-electron chi connectivity index (χ2n) is 9.95. The first-order chi connectivity index (χ1) is 17.4. The number of imidazole rings is 1. The number of amides is 2. The van der Waals surface area contributed by atoms with E-state index in [9.17, 15) is 14.4 Å². The summed E-state index contributed by atoms with van der Waals surface area (Å²) < 4.78 is 4.95. The highest BCUT2D eigenvalue weighted by atomic mass is 32.2. The quantitative estimate of drug-likeness (QED) is 0.384. The Kier molecular flexibility index (Phi) is 11.1. The zero-order chi connectivity index (χ0) is 26.1. The number of aromatic amines is 1. The molecule has 2 fully saturated rings. The molecule has 5 atom stereocenters. The molecule has 10 heteroatoms. The number of nitrogens with zero attached hydrogens (tertiary/aromatic N) is 3. The van der Waals surface area contributed by atoms with Crippen molar-refractivity contribution in [3.63, 3.8) is 0 Å². The maximum Gasteiger partial charge on any atom is 0.328 e. The van der Waals surface area contributed by atoms with E-state index in [-0.39, 0.29) is 29.8 Å². The van der Waals surface area contributed by atoms with Gasteiger partial charge in [0, 0.05) is 37.4 Å². The summed E-state index contributed by atoms with van der Waals surface area (Å²) in [5, 5.41) is 3.00. The number of thioether (sulfide) groups is 1. The normalized spacial score (nSPS) is 25.2. The number of H-pyrrole nitrogens is 1. The molecule has 36 heavy (non-hydrogen) atoms. The molecular weight excluding hydrogens is 478 g/mol. The van der Waals surface area contributed by atoms with Crippen molar-refractivity contribution in [2.24, 2.45) is 11.8 Å². The fourth-order valence-electron chi connectivity index (χ4n) is 5.82. The van der Waals surface area contributed by atoms with E-state index in [1.54, 1.807) is 24.3 Å². The number of ether oxygens (including phenoxy) is 1. The summed E-state index contributed by atoms with van der Waals surface area (Å²) in [4.78, 5) is 50.5. The SMILES string of the molecule is CC[C@H]1CCN(C(=O)CCc2cnc[nH]2)C1CN1CC[C@H](CC)[C@H]1C(=O)N[C@@H](CCSC)C(=O)OC. The number of hydrogen-bond acceptors (Lipinski definition) is 7. The van der Waals surface area contributed by atoms with Crippen LogP contribution in [0.1, 0.15) is 58.1 Å².